The van der Waals surface area contributed by atoms with E-state index in [2.05, 4.69) is 15.5 Å². The van der Waals surface area contributed by atoms with Gasteiger partial charge in [0.15, 0.2) is 0 Å². The number of ether oxygens (including phenoxy) is 1. The van der Waals surface area contributed by atoms with Crippen LogP contribution in [0.1, 0.15) is 5.56 Å². The van der Waals surface area contributed by atoms with Gasteiger partial charge in [-0.15, -0.1) is 11.3 Å². The quantitative estimate of drug-likeness (QED) is 0.565. The Labute approximate surface area is 133 Å². The van der Waals surface area contributed by atoms with Gasteiger partial charge in [0.25, 0.3) is 0 Å². The molecule has 0 amide bonds. The van der Waals surface area contributed by atoms with Gasteiger partial charge in [0.1, 0.15) is 5.75 Å². The molecule has 2 aromatic carbocycles. The Kier molecular flexibility index (Phi) is 4.46. The van der Waals surface area contributed by atoms with E-state index in [-0.39, 0.29) is 0 Å². The Bertz CT molecular complexity index is 751. The smallest absolute Gasteiger partial charge is 0.203 e. The first kappa shape index (κ1) is 14.3. The summed E-state index contributed by atoms with van der Waals surface area (Å²) in [5.41, 5.74) is 6.01. The number of hydrogen-bond donors (Lipinski definition) is 1. The average Bonchev–Trinajstić information content (AvgIpc) is 3.05. The van der Waals surface area contributed by atoms with Crippen LogP contribution in [0.4, 0.5) is 5.13 Å². The molecule has 0 fully saturated rings. The highest BCUT2D eigenvalue weighted by atomic mass is 32.1. The fourth-order valence-electron chi connectivity index (χ4n) is 1.92. The van der Waals surface area contributed by atoms with Crippen LogP contribution in [0.3, 0.4) is 0 Å². The van der Waals surface area contributed by atoms with Gasteiger partial charge in [0, 0.05) is 10.9 Å². The number of aromatic nitrogens is 1. The number of anilines is 1. The molecule has 4 nitrogen and oxygen atoms in total. The molecule has 0 radical (unpaired) electrons. The topological polar surface area (TPSA) is 46.5 Å². The fraction of sp³-hybridized carbons (Fsp3) is 0.0588. The van der Waals surface area contributed by atoms with E-state index in [1.54, 1.807) is 13.3 Å². The number of hydrogen-bond acceptors (Lipinski definition) is 5. The van der Waals surface area contributed by atoms with Crippen LogP contribution in [-0.4, -0.2) is 18.3 Å². The minimum atomic E-state index is 0.767. The molecule has 0 bridgehead atoms. The largest absolute Gasteiger partial charge is 0.497 e. The van der Waals surface area contributed by atoms with E-state index in [0.29, 0.717) is 0 Å². The summed E-state index contributed by atoms with van der Waals surface area (Å²) in [6.07, 6.45) is 1.75. The predicted octanol–water partition coefficient (Wildman–Crippen LogP) is 4.26. The second-order valence-electron chi connectivity index (χ2n) is 4.55. The monoisotopic (exact) mass is 309 g/mol. The summed E-state index contributed by atoms with van der Waals surface area (Å²) < 4.78 is 5.12. The number of thiazole rings is 1. The van der Waals surface area contributed by atoms with Crippen LogP contribution in [0.15, 0.2) is 65.1 Å². The minimum absolute atomic E-state index is 0.767. The summed E-state index contributed by atoms with van der Waals surface area (Å²) in [6.45, 7) is 0. The molecule has 3 aromatic rings. The molecule has 0 aliphatic carbocycles. The summed E-state index contributed by atoms with van der Waals surface area (Å²) in [4.78, 5) is 4.51. The number of hydrazone groups is 1. The van der Waals surface area contributed by atoms with Crippen molar-refractivity contribution in [1.82, 2.24) is 4.98 Å². The van der Waals surface area contributed by atoms with Crippen molar-refractivity contribution in [3.63, 3.8) is 0 Å². The Hall–Kier alpha value is -2.66. The summed E-state index contributed by atoms with van der Waals surface area (Å²) in [7, 11) is 1.65. The summed E-state index contributed by atoms with van der Waals surface area (Å²) in [6, 6.07) is 17.8. The van der Waals surface area contributed by atoms with Crippen LogP contribution in [0.2, 0.25) is 0 Å². The van der Waals surface area contributed by atoms with Crippen molar-refractivity contribution in [2.24, 2.45) is 5.10 Å². The Balaban J connectivity index is 1.64. The number of nitrogens with one attached hydrogen (secondary N) is 1. The van der Waals surface area contributed by atoms with Crippen molar-refractivity contribution in [2.75, 3.05) is 12.5 Å². The van der Waals surface area contributed by atoms with Gasteiger partial charge >= 0.3 is 0 Å². The van der Waals surface area contributed by atoms with Crippen LogP contribution in [0, 0.1) is 0 Å². The third-order valence-corrected chi connectivity index (χ3v) is 3.81. The average molecular weight is 309 g/mol. The zero-order valence-corrected chi connectivity index (χ0v) is 12.9. The third-order valence-electron chi connectivity index (χ3n) is 3.06. The van der Waals surface area contributed by atoms with Gasteiger partial charge in [-0.3, -0.25) is 5.43 Å². The van der Waals surface area contributed by atoms with Gasteiger partial charge in [-0.1, -0.05) is 30.3 Å². The summed E-state index contributed by atoms with van der Waals surface area (Å²) in [5, 5.41) is 6.99. The molecule has 0 atom stereocenters. The molecule has 1 N–H and O–H groups in total. The SMILES string of the molecule is COc1ccc(/C=N/Nc2nc(-c3ccccc3)cs2)cc1. The lowest BCUT2D eigenvalue weighted by molar-refractivity contribution is 0.415. The van der Waals surface area contributed by atoms with Crippen LogP contribution in [0.25, 0.3) is 11.3 Å². The second kappa shape index (κ2) is 6.87. The van der Waals surface area contributed by atoms with Crippen molar-refractivity contribution < 1.29 is 4.74 Å². The molecule has 0 unspecified atom stereocenters. The number of rotatable bonds is 5. The molecule has 0 aliphatic rings. The van der Waals surface area contributed by atoms with Gasteiger partial charge in [-0.05, 0) is 29.8 Å². The maximum Gasteiger partial charge on any atom is 0.203 e. The van der Waals surface area contributed by atoms with E-state index in [0.717, 1.165) is 27.7 Å². The first-order valence-corrected chi connectivity index (χ1v) is 7.67. The summed E-state index contributed by atoms with van der Waals surface area (Å²) in [5.74, 6) is 0.831. The molecule has 1 heterocycles. The van der Waals surface area contributed by atoms with Crippen LogP contribution in [0.5, 0.6) is 5.75 Å². The highest BCUT2D eigenvalue weighted by molar-refractivity contribution is 7.14. The molecular formula is C17H15N3OS. The van der Waals surface area contributed by atoms with Crippen LogP contribution >= 0.6 is 11.3 Å². The van der Waals surface area contributed by atoms with E-state index >= 15 is 0 Å². The molecule has 0 spiro atoms. The van der Waals surface area contributed by atoms with E-state index in [1.165, 1.54) is 11.3 Å². The predicted molar refractivity (Wildman–Crippen MR) is 91.8 cm³/mol. The van der Waals surface area contributed by atoms with Crippen molar-refractivity contribution >= 4 is 22.7 Å². The molecule has 1 aromatic heterocycles. The molecule has 110 valence electrons. The number of nitrogens with zero attached hydrogens (tertiary/aromatic N) is 2. The first-order chi connectivity index (χ1) is 10.8. The standard InChI is InChI=1S/C17H15N3OS/c1-21-15-9-7-13(8-10-15)11-18-20-17-19-16(12-22-17)14-5-3-2-4-6-14/h2-12H,1H3,(H,19,20)/b18-11+. The second-order valence-corrected chi connectivity index (χ2v) is 5.41. The Morgan fingerprint density at radius 2 is 1.86 bits per heavy atom. The van der Waals surface area contributed by atoms with Crippen molar-refractivity contribution in [3.05, 3.63) is 65.5 Å². The van der Waals surface area contributed by atoms with E-state index in [4.69, 9.17) is 4.74 Å². The normalized spacial score (nSPS) is 10.8. The van der Waals surface area contributed by atoms with Crippen LogP contribution in [-0.2, 0) is 0 Å². The first-order valence-electron chi connectivity index (χ1n) is 6.79. The van der Waals surface area contributed by atoms with Crippen molar-refractivity contribution in [3.8, 4) is 17.0 Å². The van der Waals surface area contributed by atoms with Gasteiger partial charge in [0.2, 0.25) is 5.13 Å². The molecular weight excluding hydrogens is 294 g/mol. The van der Waals surface area contributed by atoms with Crippen molar-refractivity contribution in [2.45, 2.75) is 0 Å². The number of benzene rings is 2. The van der Waals surface area contributed by atoms with Crippen LogP contribution < -0.4 is 10.2 Å². The lowest BCUT2D eigenvalue weighted by Crippen LogP contribution is -1.90. The molecule has 5 heteroatoms. The molecule has 0 saturated heterocycles. The molecule has 22 heavy (non-hydrogen) atoms. The molecule has 3 rings (SSSR count). The Morgan fingerprint density at radius 1 is 1.09 bits per heavy atom. The summed E-state index contributed by atoms with van der Waals surface area (Å²) >= 11 is 1.53. The molecule has 0 saturated carbocycles. The highest BCUT2D eigenvalue weighted by Gasteiger charge is 2.02. The lowest BCUT2D eigenvalue weighted by Gasteiger charge is -1.99. The van der Waals surface area contributed by atoms with Gasteiger partial charge in [-0.2, -0.15) is 5.10 Å². The van der Waals surface area contributed by atoms with Crippen molar-refractivity contribution in [1.29, 1.82) is 0 Å². The highest BCUT2D eigenvalue weighted by Crippen LogP contribution is 2.24. The lowest BCUT2D eigenvalue weighted by atomic mass is 10.2. The Morgan fingerprint density at radius 3 is 2.59 bits per heavy atom. The maximum atomic E-state index is 5.12. The third kappa shape index (κ3) is 3.51. The van der Waals surface area contributed by atoms with Gasteiger partial charge in [0.05, 0.1) is 19.0 Å². The van der Waals surface area contributed by atoms with E-state index in [9.17, 15) is 0 Å². The zero-order valence-electron chi connectivity index (χ0n) is 12.1. The molecule has 0 aliphatic heterocycles. The zero-order chi connectivity index (χ0) is 15.2. The fourth-order valence-corrected chi connectivity index (χ4v) is 2.59. The van der Waals surface area contributed by atoms with E-state index in [1.807, 2.05) is 60.0 Å². The minimum Gasteiger partial charge on any atom is -0.497 e. The maximum absolute atomic E-state index is 5.12. The van der Waals surface area contributed by atoms with E-state index < -0.39 is 0 Å². The van der Waals surface area contributed by atoms with Gasteiger partial charge in [-0.25, -0.2) is 4.98 Å². The van der Waals surface area contributed by atoms with Gasteiger partial charge < -0.3 is 4.74 Å². The number of methoxy groups -OCH3 is 1.